The third kappa shape index (κ3) is 4.76. The first kappa shape index (κ1) is 19.5. The van der Waals surface area contributed by atoms with Crippen LogP contribution in [0.2, 0.25) is 5.02 Å². The number of nitrogens with one attached hydrogen (secondary N) is 1. The van der Waals surface area contributed by atoms with E-state index in [0.717, 1.165) is 16.7 Å². The Labute approximate surface area is 178 Å². The van der Waals surface area contributed by atoms with Gasteiger partial charge in [0.25, 0.3) is 5.91 Å². The number of nitrogens with zero attached hydrogens (tertiary/aromatic N) is 5. The molecule has 7 nitrogen and oxygen atoms in total. The first-order valence-electron chi connectivity index (χ1n) is 9.19. The Bertz CT molecular complexity index is 1170. The lowest BCUT2D eigenvalue weighted by molar-refractivity contribution is 0.0955. The summed E-state index contributed by atoms with van der Waals surface area (Å²) in [5.41, 5.74) is 5.57. The van der Waals surface area contributed by atoms with Crippen molar-refractivity contribution < 1.29 is 4.79 Å². The third-order valence-corrected chi connectivity index (χ3v) is 4.64. The van der Waals surface area contributed by atoms with Crippen LogP contribution in [-0.2, 0) is 6.54 Å². The molecule has 0 bridgehead atoms. The van der Waals surface area contributed by atoms with Crippen LogP contribution in [0.4, 0.5) is 0 Å². The van der Waals surface area contributed by atoms with Crippen LogP contribution in [-0.4, -0.2) is 32.3 Å². The van der Waals surface area contributed by atoms with Crippen molar-refractivity contribution in [1.82, 2.24) is 25.6 Å². The molecule has 30 heavy (non-hydrogen) atoms. The predicted molar refractivity (Wildman–Crippen MR) is 115 cm³/mol. The fourth-order valence-corrected chi connectivity index (χ4v) is 2.93. The largest absolute Gasteiger partial charge is 0.271 e. The van der Waals surface area contributed by atoms with Crippen molar-refractivity contribution in [3.8, 4) is 11.4 Å². The summed E-state index contributed by atoms with van der Waals surface area (Å²) in [6.07, 6.45) is 1.51. The Kier molecular flexibility index (Phi) is 5.91. The van der Waals surface area contributed by atoms with Gasteiger partial charge in [0.15, 0.2) is 0 Å². The van der Waals surface area contributed by atoms with Gasteiger partial charge in [-0.2, -0.15) is 9.90 Å². The summed E-state index contributed by atoms with van der Waals surface area (Å²) in [4.78, 5) is 13.8. The summed E-state index contributed by atoms with van der Waals surface area (Å²) in [6.45, 7) is 0.451. The lowest BCUT2D eigenvalue weighted by atomic mass is 10.1. The lowest BCUT2D eigenvalue weighted by Gasteiger charge is -2.03. The fourth-order valence-electron chi connectivity index (χ4n) is 2.74. The molecule has 0 spiro atoms. The molecule has 0 fully saturated rings. The minimum atomic E-state index is -0.310. The second-order valence-corrected chi connectivity index (χ2v) is 6.83. The first-order chi connectivity index (χ1) is 14.7. The van der Waals surface area contributed by atoms with Crippen LogP contribution in [0.25, 0.3) is 11.4 Å². The van der Waals surface area contributed by atoms with Crippen LogP contribution in [0, 0.1) is 0 Å². The van der Waals surface area contributed by atoms with Crippen LogP contribution < -0.4 is 5.43 Å². The molecule has 4 aromatic rings. The van der Waals surface area contributed by atoms with Crippen LogP contribution in [0.5, 0.6) is 0 Å². The molecule has 0 radical (unpaired) electrons. The zero-order chi connectivity index (χ0) is 20.8. The van der Waals surface area contributed by atoms with Gasteiger partial charge in [-0.1, -0.05) is 72.3 Å². The molecule has 3 aromatic carbocycles. The molecule has 0 aliphatic heterocycles. The highest BCUT2D eigenvalue weighted by Crippen LogP contribution is 2.13. The minimum Gasteiger partial charge on any atom is -0.267 e. The molecule has 1 heterocycles. The molecule has 0 atom stereocenters. The summed E-state index contributed by atoms with van der Waals surface area (Å²) in [7, 11) is 0. The number of halogens is 1. The van der Waals surface area contributed by atoms with Gasteiger partial charge in [-0.25, -0.2) is 5.43 Å². The van der Waals surface area contributed by atoms with Gasteiger partial charge in [-0.3, -0.25) is 4.79 Å². The van der Waals surface area contributed by atoms with Gasteiger partial charge in [0.05, 0.1) is 12.8 Å². The van der Waals surface area contributed by atoms with Crippen LogP contribution in [0.3, 0.4) is 0 Å². The molecule has 1 amide bonds. The Morgan fingerprint density at radius 3 is 2.50 bits per heavy atom. The summed E-state index contributed by atoms with van der Waals surface area (Å²) < 4.78 is 0. The monoisotopic (exact) mass is 416 g/mol. The van der Waals surface area contributed by atoms with E-state index in [0.29, 0.717) is 23.0 Å². The number of hydrazone groups is 1. The molecule has 8 heteroatoms. The van der Waals surface area contributed by atoms with Gasteiger partial charge in [0.1, 0.15) is 0 Å². The van der Waals surface area contributed by atoms with Crippen LogP contribution in [0.1, 0.15) is 21.5 Å². The standard InChI is InChI=1S/C22H17ClN6O/c23-20-9-5-4-8-19(20)14-24-26-22(30)18-12-10-16(11-13-18)15-29-27-21(25-28-29)17-6-2-1-3-7-17/h1-14H,15H2,(H,26,30)/b24-14+. The van der Waals surface area contributed by atoms with Gasteiger partial charge in [-0.15, -0.1) is 10.2 Å². The maximum absolute atomic E-state index is 12.3. The van der Waals surface area contributed by atoms with E-state index in [1.807, 2.05) is 60.7 Å². The average Bonchev–Trinajstić information content (AvgIpc) is 3.25. The molecule has 1 N–H and O–H groups in total. The molecule has 4 rings (SSSR count). The van der Waals surface area contributed by atoms with Crippen LogP contribution in [0.15, 0.2) is 84.0 Å². The molecule has 0 aliphatic carbocycles. The SMILES string of the molecule is O=C(N/N=C/c1ccccc1Cl)c1ccc(Cn2nnc(-c3ccccc3)n2)cc1. The van der Waals surface area contributed by atoms with E-state index in [1.54, 1.807) is 18.2 Å². The molecule has 0 saturated heterocycles. The highest BCUT2D eigenvalue weighted by atomic mass is 35.5. The number of benzene rings is 3. The van der Waals surface area contributed by atoms with Gasteiger partial charge in [0, 0.05) is 21.7 Å². The summed E-state index contributed by atoms with van der Waals surface area (Å²) in [5.74, 6) is 0.262. The van der Waals surface area contributed by atoms with E-state index in [4.69, 9.17) is 11.6 Å². The van der Waals surface area contributed by atoms with Gasteiger partial charge >= 0.3 is 0 Å². The number of hydrogen-bond acceptors (Lipinski definition) is 5. The molecular formula is C22H17ClN6O. The van der Waals surface area contributed by atoms with E-state index in [9.17, 15) is 4.79 Å². The van der Waals surface area contributed by atoms with E-state index in [-0.39, 0.29) is 5.91 Å². The zero-order valence-electron chi connectivity index (χ0n) is 15.8. The number of carbonyl (C=O) groups is 1. The molecule has 0 aliphatic rings. The Balaban J connectivity index is 1.36. The fraction of sp³-hybridized carbons (Fsp3) is 0.0455. The van der Waals surface area contributed by atoms with E-state index >= 15 is 0 Å². The van der Waals surface area contributed by atoms with Crippen molar-refractivity contribution in [2.24, 2.45) is 5.10 Å². The van der Waals surface area contributed by atoms with Crippen molar-refractivity contribution in [3.05, 3.63) is 101 Å². The predicted octanol–water partition coefficient (Wildman–Crippen LogP) is 3.81. The van der Waals surface area contributed by atoms with E-state index in [2.05, 4.69) is 25.9 Å². The molecule has 0 saturated carbocycles. The summed E-state index contributed by atoms with van der Waals surface area (Å²) in [6, 6.07) is 24.1. The second-order valence-electron chi connectivity index (χ2n) is 6.43. The van der Waals surface area contributed by atoms with E-state index in [1.165, 1.54) is 11.0 Å². The van der Waals surface area contributed by atoms with Crippen molar-refractivity contribution in [2.45, 2.75) is 6.54 Å². The number of hydrogen-bond donors (Lipinski definition) is 1. The quantitative estimate of drug-likeness (QED) is 0.382. The van der Waals surface area contributed by atoms with Crippen molar-refractivity contribution in [1.29, 1.82) is 0 Å². The molecule has 148 valence electrons. The molecular weight excluding hydrogens is 400 g/mol. The Hall–Kier alpha value is -3.84. The van der Waals surface area contributed by atoms with Gasteiger partial charge in [0.2, 0.25) is 5.82 Å². The molecule has 0 unspecified atom stereocenters. The zero-order valence-corrected chi connectivity index (χ0v) is 16.6. The maximum atomic E-state index is 12.3. The number of tetrazole rings is 1. The highest BCUT2D eigenvalue weighted by molar-refractivity contribution is 6.33. The molecule has 1 aromatic heterocycles. The van der Waals surface area contributed by atoms with Crippen LogP contribution >= 0.6 is 11.6 Å². The number of aromatic nitrogens is 4. The number of rotatable bonds is 6. The number of carbonyl (C=O) groups excluding carboxylic acids is 1. The summed E-state index contributed by atoms with van der Waals surface area (Å²) >= 11 is 6.06. The first-order valence-corrected chi connectivity index (χ1v) is 9.57. The second kappa shape index (κ2) is 9.11. The number of amides is 1. The smallest absolute Gasteiger partial charge is 0.267 e. The van der Waals surface area contributed by atoms with Crippen molar-refractivity contribution in [2.75, 3.05) is 0 Å². The van der Waals surface area contributed by atoms with Gasteiger partial charge in [-0.05, 0) is 29.0 Å². The lowest BCUT2D eigenvalue weighted by Crippen LogP contribution is -2.17. The minimum absolute atomic E-state index is 0.310. The van der Waals surface area contributed by atoms with Gasteiger partial charge < -0.3 is 0 Å². The average molecular weight is 417 g/mol. The summed E-state index contributed by atoms with van der Waals surface area (Å²) in [5, 5.41) is 17.1. The highest BCUT2D eigenvalue weighted by Gasteiger charge is 2.07. The maximum Gasteiger partial charge on any atom is 0.271 e. The Morgan fingerprint density at radius 2 is 1.73 bits per heavy atom. The Morgan fingerprint density at radius 1 is 1.00 bits per heavy atom. The topological polar surface area (TPSA) is 85.1 Å². The third-order valence-electron chi connectivity index (χ3n) is 4.30. The van der Waals surface area contributed by atoms with Crippen molar-refractivity contribution >= 4 is 23.7 Å². The normalized spacial score (nSPS) is 11.0. The van der Waals surface area contributed by atoms with Crippen molar-refractivity contribution in [3.63, 3.8) is 0 Å². The van der Waals surface area contributed by atoms with E-state index < -0.39 is 0 Å².